The number of hydrogen-bond acceptors (Lipinski definition) is 5. The predicted molar refractivity (Wildman–Crippen MR) is 101 cm³/mol. The van der Waals surface area contributed by atoms with Crippen LogP contribution in [0.25, 0.3) is 16.9 Å². The highest BCUT2D eigenvalue weighted by molar-refractivity contribution is 5.63. The molecule has 1 aromatic carbocycles. The van der Waals surface area contributed by atoms with Gasteiger partial charge in [-0.3, -0.25) is 0 Å². The Kier molecular flexibility index (Phi) is 4.48. The summed E-state index contributed by atoms with van der Waals surface area (Å²) in [5, 5.41) is 4.48. The van der Waals surface area contributed by atoms with Crippen LogP contribution in [0.5, 0.6) is 11.5 Å². The fourth-order valence-corrected chi connectivity index (χ4v) is 3.36. The zero-order valence-electron chi connectivity index (χ0n) is 15.1. The third kappa shape index (κ3) is 2.98. The Labute approximate surface area is 153 Å². The maximum atomic E-state index is 5.41. The summed E-state index contributed by atoms with van der Waals surface area (Å²) in [5.74, 6) is 2.42. The molecule has 3 aromatic rings. The lowest BCUT2D eigenvalue weighted by Crippen LogP contribution is -2.18. The first-order chi connectivity index (χ1) is 12.8. The lowest BCUT2D eigenvalue weighted by atomic mass is 10.2. The second kappa shape index (κ2) is 7.07. The number of ether oxygens (including phenoxy) is 2. The minimum Gasteiger partial charge on any atom is -0.493 e. The maximum absolute atomic E-state index is 5.41. The predicted octanol–water partition coefficient (Wildman–Crippen LogP) is 3.55. The van der Waals surface area contributed by atoms with Gasteiger partial charge < -0.3 is 14.4 Å². The van der Waals surface area contributed by atoms with E-state index in [0.29, 0.717) is 11.5 Å². The summed E-state index contributed by atoms with van der Waals surface area (Å²) in [7, 11) is 3.26. The zero-order chi connectivity index (χ0) is 17.9. The largest absolute Gasteiger partial charge is 0.493 e. The molecule has 0 spiro atoms. The minimum absolute atomic E-state index is 0.675. The molecule has 0 aliphatic carbocycles. The molecule has 0 bridgehead atoms. The van der Waals surface area contributed by atoms with Crippen LogP contribution in [0.2, 0.25) is 0 Å². The van der Waals surface area contributed by atoms with Crippen molar-refractivity contribution < 1.29 is 9.47 Å². The highest BCUT2D eigenvalue weighted by atomic mass is 16.5. The number of benzene rings is 1. The summed E-state index contributed by atoms with van der Waals surface area (Å²) in [5.41, 5.74) is 2.92. The molecule has 1 saturated heterocycles. The van der Waals surface area contributed by atoms with Gasteiger partial charge in [0.1, 0.15) is 5.82 Å². The van der Waals surface area contributed by atoms with Crippen molar-refractivity contribution in [2.24, 2.45) is 0 Å². The second-order valence-electron chi connectivity index (χ2n) is 6.27. The average Bonchev–Trinajstić information content (AvgIpc) is 3.39. The molecule has 134 valence electrons. The molecular weight excluding hydrogens is 328 g/mol. The van der Waals surface area contributed by atoms with Crippen LogP contribution < -0.4 is 14.4 Å². The van der Waals surface area contributed by atoms with Crippen molar-refractivity contribution in [3.8, 4) is 28.4 Å². The molecule has 0 saturated carbocycles. The SMILES string of the molecule is COc1ccc(-n2nccc2-c2ccc(N3CCCC3)nc2)cc1OC. The number of aromatic nitrogens is 3. The average molecular weight is 350 g/mol. The molecule has 0 radical (unpaired) electrons. The topological polar surface area (TPSA) is 52.4 Å². The Morgan fingerprint density at radius 1 is 0.923 bits per heavy atom. The molecule has 1 aliphatic heterocycles. The standard InChI is InChI=1S/C20H22N4O2/c1-25-18-7-6-16(13-19(18)26-2)24-17(9-10-22-24)15-5-8-20(21-14-15)23-11-3-4-12-23/h5-10,13-14H,3-4,11-12H2,1-2H3. The molecule has 1 fully saturated rings. The Morgan fingerprint density at radius 3 is 2.42 bits per heavy atom. The number of hydrogen-bond donors (Lipinski definition) is 0. The molecule has 0 atom stereocenters. The van der Waals surface area contributed by atoms with Gasteiger partial charge in [0.2, 0.25) is 0 Å². The first kappa shape index (κ1) is 16.4. The maximum Gasteiger partial charge on any atom is 0.162 e. The molecule has 26 heavy (non-hydrogen) atoms. The molecule has 0 amide bonds. The van der Waals surface area contributed by atoms with Crippen molar-refractivity contribution in [2.45, 2.75) is 12.8 Å². The zero-order valence-corrected chi connectivity index (χ0v) is 15.1. The molecule has 1 aliphatic rings. The highest BCUT2D eigenvalue weighted by Crippen LogP contribution is 2.31. The van der Waals surface area contributed by atoms with E-state index in [4.69, 9.17) is 9.47 Å². The van der Waals surface area contributed by atoms with Crippen molar-refractivity contribution >= 4 is 5.82 Å². The van der Waals surface area contributed by atoms with Crippen molar-refractivity contribution in [3.63, 3.8) is 0 Å². The minimum atomic E-state index is 0.675. The van der Waals surface area contributed by atoms with Gasteiger partial charge in [0.25, 0.3) is 0 Å². The van der Waals surface area contributed by atoms with E-state index in [1.165, 1.54) is 12.8 Å². The quantitative estimate of drug-likeness (QED) is 0.704. The molecule has 0 unspecified atom stereocenters. The van der Waals surface area contributed by atoms with E-state index in [2.05, 4.69) is 27.1 Å². The van der Waals surface area contributed by atoms with Gasteiger partial charge >= 0.3 is 0 Å². The Morgan fingerprint density at radius 2 is 1.73 bits per heavy atom. The van der Waals surface area contributed by atoms with Crippen LogP contribution in [0, 0.1) is 0 Å². The van der Waals surface area contributed by atoms with Crippen molar-refractivity contribution in [1.82, 2.24) is 14.8 Å². The molecule has 6 nitrogen and oxygen atoms in total. The Bertz CT molecular complexity index is 883. The Balaban J connectivity index is 1.66. The summed E-state index contributed by atoms with van der Waals surface area (Å²) in [4.78, 5) is 6.98. The number of anilines is 1. The van der Waals surface area contributed by atoms with E-state index in [0.717, 1.165) is 35.9 Å². The van der Waals surface area contributed by atoms with Crippen molar-refractivity contribution in [3.05, 3.63) is 48.8 Å². The van der Waals surface area contributed by atoms with Crippen LogP contribution in [-0.4, -0.2) is 42.1 Å². The fraction of sp³-hybridized carbons (Fsp3) is 0.300. The lowest BCUT2D eigenvalue weighted by molar-refractivity contribution is 0.355. The van der Waals surface area contributed by atoms with Gasteiger partial charge in [0, 0.05) is 30.9 Å². The summed E-state index contributed by atoms with van der Waals surface area (Å²) in [6.45, 7) is 2.19. The van der Waals surface area contributed by atoms with Gasteiger partial charge in [0.05, 0.1) is 31.8 Å². The van der Waals surface area contributed by atoms with E-state index in [1.54, 1.807) is 20.4 Å². The normalized spacial score (nSPS) is 13.8. The first-order valence-corrected chi connectivity index (χ1v) is 8.78. The van der Waals surface area contributed by atoms with Gasteiger partial charge in [-0.1, -0.05) is 0 Å². The number of pyridine rings is 1. The molecule has 0 N–H and O–H groups in total. The number of methoxy groups -OCH3 is 2. The summed E-state index contributed by atoms with van der Waals surface area (Å²) < 4.78 is 12.6. The van der Waals surface area contributed by atoms with Crippen LogP contribution >= 0.6 is 0 Å². The Hall–Kier alpha value is -3.02. The molecule has 3 heterocycles. The van der Waals surface area contributed by atoms with Crippen LogP contribution in [-0.2, 0) is 0 Å². The van der Waals surface area contributed by atoms with Gasteiger partial charge in [-0.25, -0.2) is 9.67 Å². The molecular formula is C20H22N4O2. The monoisotopic (exact) mass is 350 g/mol. The lowest BCUT2D eigenvalue weighted by Gasteiger charge is -2.16. The highest BCUT2D eigenvalue weighted by Gasteiger charge is 2.15. The van der Waals surface area contributed by atoms with Gasteiger partial charge in [-0.2, -0.15) is 5.10 Å². The van der Waals surface area contributed by atoms with E-state index in [-0.39, 0.29) is 0 Å². The molecule has 6 heteroatoms. The smallest absolute Gasteiger partial charge is 0.162 e. The van der Waals surface area contributed by atoms with Crippen LogP contribution in [0.15, 0.2) is 48.8 Å². The molecule has 2 aromatic heterocycles. The third-order valence-electron chi connectivity index (χ3n) is 4.73. The van der Waals surface area contributed by atoms with Crippen LogP contribution in [0.1, 0.15) is 12.8 Å². The van der Waals surface area contributed by atoms with Gasteiger partial charge in [-0.15, -0.1) is 0 Å². The van der Waals surface area contributed by atoms with Crippen LogP contribution in [0.3, 0.4) is 0 Å². The van der Waals surface area contributed by atoms with E-state index in [9.17, 15) is 0 Å². The summed E-state index contributed by atoms with van der Waals surface area (Å²) in [6, 6.07) is 11.9. The second-order valence-corrected chi connectivity index (χ2v) is 6.27. The molecule has 4 rings (SSSR count). The summed E-state index contributed by atoms with van der Waals surface area (Å²) >= 11 is 0. The van der Waals surface area contributed by atoms with Gasteiger partial charge in [0.15, 0.2) is 11.5 Å². The summed E-state index contributed by atoms with van der Waals surface area (Å²) in [6.07, 6.45) is 6.20. The van der Waals surface area contributed by atoms with Crippen molar-refractivity contribution in [1.29, 1.82) is 0 Å². The third-order valence-corrected chi connectivity index (χ3v) is 4.73. The first-order valence-electron chi connectivity index (χ1n) is 8.78. The van der Waals surface area contributed by atoms with Gasteiger partial charge in [-0.05, 0) is 43.2 Å². The number of nitrogens with zero attached hydrogens (tertiary/aromatic N) is 4. The number of rotatable bonds is 5. The van der Waals surface area contributed by atoms with Crippen molar-refractivity contribution in [2.75, 3.05) is 32.2 Å². The van der Waals surface area contributed by atoms with Crippen LogP contribution in [0.4, 0.5) is 5.82 Å². The van der Waals surface area contributed by atoms with E-state index >= 15 is 0 Å². The fourth-order valence-electron chi connectivity index (χ4n) is 3.36. The van der Waals surface area contributed by atoms with E-state index in [1.807, 2.05) is 35.1 Å². The van der Waals surface area contributed by atoms with E-state index < -0.39 is 0 Å².